The molecule has 0 atom stereocenters. The Morgan fingerprint density at radius 1 is 1.27 bits per heavy atom. The van der Waals surface area contributed by atoms with E-state index in [9.17, 15) is 13.2 Å². The molecule has 0 aromatic carbocycles. The molecule has 22 heavy (non-hydrogen) atoms. The van der Waals surface area contributed by atoms with Gasteiger partial charge in [-0.2, -0.15) is 4.31 Å². The highest BCUT2D eigenvalue weighted by atomic mass is 32.2. The summed E-state index contributed by atoms with van der Waals surface area (Å²) in [6.07, 6.45) is 2.09. The molecule has 0 N–H and O–H groups in total. The molecule has 0 aromatic heterocycles. The second-order valence-electron chi connectivity index (χ2n) is 6.57. The summed E-state index contributed by atoms with van der Waals surface area (Å²) in [5, 5.41) is 0. The van der Waals surface area contributed by atoms with Gasteiger partial charge in [0.2, 0.25) is 10.0 Å². The van der Waals surface area contributed by atoms with Crippen LogP contribution in [-0.2, 0) is 19.5 Å². The Balaban J connectivity index is 2.61. The number of sulfonamides is 1. The van der Waals surface area contributed by atoms with Crippen molar-refractivity contribution in [1.82, 2.24) is 9.21 Å². The average Bonchev–Trinajstić information content (AvgIpc) is 2.36. The third kappa shape index (κ3) is 6.10. The summed E-state index contributed by atoms with van der Waals surface area (Å²) in [4.78, 5) is 13.6. The highest BCUT2D eigenvalue weighted by molar-refractivity contribution is 7.88. The van der Waals surface area contributed by atoms with E-state index in [1.165, 1.54) is 10.6 Å². The first kappa shape index (κ1) is 19.2. The Morgan fingerprint density at radius 2 is 1.82 bits per heavy atom. The van der Waals surface area contributed by atoms with Gasteiger partial charge in [-0.1, -0.05) is 0 Å². The van der Waals surface area contributed by atoms with Crippen molar-refractivity contribution in [3.05, 3.63) is 0 Å². The Bertz CT molecular complexity index is 464. The number of amides is 1. The van der Waals surface area contributed by atoms with Crippen LogP contribution in [0.3, 0.4) is 0 Å². The van der Waals surface area contributed by atoms with Crippen molar-refractivity contribution in [2.75, 3.05) is 39.6 Å². The predicted octanol–water partition coefficient (Wildman–Crippen LogP) is 1.29. The fraction of sp³-hybridized carbons (Fsp3) is 0.929. The normalized spacial score (nSPS) is 17.8. The second kappa shape index (κ2) is 7.61. The molecular formula is C14H28N2O5S. The quantitative estimate of drug-likeness (QED) is 0.756. The molecule has 0 aliphatic carbocycles. The third-order valence-corrected chi connectivity index (χ3v) is 4.80. The molecule has 1 aliphatic rings. The minimum Gasteiger partial charge on any atom is -0.444 e. The van der Waals surface area contributed by atoms with Gasteiger partial charge in [-0.05, 0) is 33.6 Å². The first-order chi connectivity index (χ1) is 10.0. The van der Waals surface area contributed by atoms with E-state index in [2.05, 4.69) is 0 Å². The molecule has 0 unspecified atom stereocenters. The molecule has 1 aliphatic heterocycles. The first-order valence-electron chi connectivity index (χ1n) is 7.48. The van der Waals surface area contributed by atoms with Gasteiger partial charge in [0.15, 0.2) is 0 Å². The maximum absolute atomic E-state index is 12.0. The molecule has 0 aromatic rings. The lowest BCUT2D eigenvalue weighted by molar-refractivity contribution is 0.0173. The van der Waals surface area contributed by atoms with E-state index in [1.807, 2.05) is 20.8 Å². The van der Waals surface area contributed by atoms with Gasteiger partial charge in [-0.15, -0.1) is 0 Å². The van der Waals surface area contributed by atoms with Gasteiger partial charge < -0.3 is 14.4 Å². The largest absolute Gasteiger partial charge is 0.444 e. The zero-order chi connectivity index (χ0) is 17.0. The number of methoxy groups -OCH3 is 1. The van der Waals surface area contributed by atoms with Crippen LogP contribution < -0.4 is 0 Å². The fourth-order valence-electron chi connectivity index (χ4n) is 2.46. The maximum Gasteiger partial charge on any atom is 0.410 e. The molecule has 8 heteroatoms. The lowest BCUT2D eigenvalue weighted by atomic mass is 10.1. The van der Waals surface area contributed by atoms with Gasteiger partial charge in [0.05, 0.1) is 12.9 Å². The average molecular weight is 336 g/mol. The molecule has 130 valence electrons. The van der Waals surface area contributed by atoms with Crippen molar-refractivity contribution in [3.8, 4) is 0 Å². The molecular weight excluding hydrogens is 308 g/mol. The number of hydrogen-bond donors (Lipinski definition) is 0. The van der Waals surface area contributed by atoms with E-state index in [4.69, 9.17) is 9.47 Å². The SMILES string of the molecule is COCCN(C1CCN(C(=O)OC(C)(C)C)CC1)S(C)(=O)=O. The lowest BCUT2D eigenvalue weighted by Crippen LogP contribution is -2.50. The van der Waals surface area contributed by atoms with E-state index in [0.717, 1.165) is 0 Å². The highest BCUT2D eigenvalue weighted by Crippen LogP contribution is 2.20. The summed E-state index contributed by atoms with van der Waals surface area (Å²) in [5.74, 6) is 0. The summed E-state index contributed by atoms with van der Waals surface area (Å²) in [7, 11) is -1.74. The van der Waals surface area contributed by atoms with Crippen LogP contribution in [-0.4, -0.2) is 75.0 Å². The first-order valence-corrected chi connectivity index (χ1v) is 9.33. The summed E-state index contributed by atoms with van der Waals surface area (Å²) in [6, 6.07) is -0.0937. The minimum atomic E-state index is -3.28. The molecule has 1 heterocycles. The van der Waals surface area contributed by atoms with Crippen LogP contribution in [0, 0.1) is 0 Å². The minimum absolute atomic E-state index is 0.0937. The van der Waals surface area contributed by atoms with Gasteiger partial charge in [-0.25, -0.2) is 13.2 Å². The molecule has 0 spiro atoms. The molecule has 0 radical (unpaired) electrons. The van der Waals surface area contributed by atoms with Crippen LogP contribution in [0.15, 0.2) is 0 Å². The summed E-state index contributed by atoms with van der Waals surface area (Å²) < 4.78 is 35.6. The number of carbonyl (C=O) groups excluding carboxylic acids is 1. The number of ether oxygens (including phenoxy) is 2. The van der Waals surface area contributed by atoms with Crippen molar-refractivity contribution in [2.45, 2.75) is 45.3 Å². The molecule has 1 fully saturated rings. The standard InChI is InChI=1S/C14H28N2O5S/c1-14(2,3)21-13(17)15-8-6-12(7-9-15)16(10-11-20-4)22(5,18)19/h12H,6-11H2,1-5H3. The fourth-order valence-corrected chi connectivity index (χ4v) is 3.62. The van der Waals surface area contributed by atoms with E-state index < -0.39 is 15.6 Å². The Kier molecular flexibility index (Phi) is 6.64. The monoisotopic (exact) mass is 336 g/mol. The zero-order valence-corrected chi connectivity index (χ0v) is 15.0. The van der Waals surface area contributed by atoms with E-state index in [1.54, 1.807) is 12.0 Å². The van der Waals surface area contributed by atoms with Gasteiger partial charge >= 0.3 is 6.09 Å². The van der Waals surface area contributed by atoms with Crippen LogP contribution in [0.4, 0.5) is 4.79 Å². The smallest absolute Gasteiger partial charge is 0.410 e. The number of piperidine rings is 1. The molecule has 1 amide bonds. The summed E-state index contributed by atoms with van der Waals surface area (Å²) >= 11 is 0. The van der Waals surface area contributed by atoms with Crippen molar-refractivity contribution in [1.29, 1.82) is 0 Å². The Hall–Kier alpha value is -0.860. The molecule has 7 nitrogen and oxygen atoms in total. The number of hydrogen-bond acceptors (Lipinski definition) is 5. The molecule has 1 rings (SSSR count). The van der Waals surface area contributed by atoms with Crippen LogP contribution in [0.5, 0.6) is 0 Å². The van der Waals surface area contributed by atoms with E-state index in [0.29, 0.717) is 39.1 Å². The maximum atomic E-state index is 12.0. The molecule has 0 bridgehead atoms. The number of carbonyl (C=O) groups is 1. The van der Waals surface area contributed by atoms with Crippen molar-refractivity contribution in [3.63, 3.8) is 0 Å². The Labute approximate surface area is 133 Å². The lowest BCUT2D eigenvalue weighted by Gasteiger charge is -2.37. The third-order valence-electron chi connectivity index (χ3n) is 3.47. The number of nitrogens with zero attached hydrogens (tertiary/aromatic N) is 2. The van der Waals surface area contributed by atoms with Crippen LogP contribution >= 0.6 is 0 Å². The van der Waals surface area contributed by atoms with Crippen LogP contribution in [0.25, 0.3) is 0 Å². The van der Waals surface area contributed by atoms with Crippen molar-refractivity contribution in [2.24, 2.45) is 0 Å². The van der Waals surface area contributed by atoms with Gasteiger partial charge in [0, 0.05) is 32.8 Å². The highest BCUT2D eigenvalue weighted by Gasteiger charge is 2.32. The summed E-state index contributed by atoms with van der Waals surface area (Å²) in [6.45, 7) is 7.18. The van der Waals surface area contributed by atoms with Gasteiger partial charge in [0.25, 0.3) is 0 Å². The Morgan fingerprint density at radius 3 is 2.23 bits per heavy atom. The summed E-state index contributed by atoms with van der Waals surface area (Å²) in [5.41, 5.74) is -0.523. The van der Waals surface area contributed by atoms with Crippen LogP contribution in [0.2, 0.25) is 0 Å². The van der Waals surface area contributed by atoms with Crippen molar-refractivity contribution < 1.29 is 22.7 Å². The topological polar surface area (TPSA) is 76.2 Å². The zero-order valence-electron chi connectivity index (χ0n) is 14.2. The van der Waals surface area contributed by atoms with Gasteiger partial charge in [-0.3, -0.25) is 0 Å². The molecule has 0 saturated carbocycles. The predicted molar refractivity (Wildman–Crippen MR) is 84.3 cm³/mol. The van der Waals surface area contributed by atoms with E-state index in [-0.39, 0.29) is 12.1 Å². The van der Waals surface area contributed by atoms with Gasteiger partial charge in [0.1, 0.15) is 5.60 Å². The number of rotatable bonds is 5. The van der Waals surface area contributed by atoms with E-state index >= 15 is 0 Å². The second-order valence-corrected chi connectivity index (χ2v) is 8.50. The van der Waals surface area contributed by atoms with Crippen LogP contribution in [0.1, 0.15) is 33.6 Å². The number of likely N-dealkylation sites (tertiary alicyclic amines) is 1. The van der Waals surface area contributed by atoms with Crippen molar-refractivity contribution >= 4 is 16.1 Å². The molecule has 1 saturated heterocycles.